The van der Waals surface area contributed by atoms with Crippen LogP contribution in [0.15, 0.2) is 47.0 Å². The van der Waals surface area contributed by atoms with Crippen LogP contribution < -0.4 is 4.74 Å². The van der Waals surface area contributed by atoms with Gasteiger partial charge in [-0.2, -0.15) is 0 Å². The molecule has 1 aromatic heterocycles. The quantitative estimate of drug-likeness (QED) is 0.596. The second-order valence-corrected chi connectivity index (χ2v) is 5.87. The predicted molar refractivity (Wildman–Crippen MR) is 87.3 cm³/mol. The smallest absolute Gasteiger partial charge is 0.170 e. The third kappa shape index (κ3) is 3.39. The van der Waals surface area contributed by atoms with E-state index in [1.54, 1.807) is 0 Å². The average Bonchev–Trinajstić information content (AvgIpc) is 2.90. The molecule has 5 heteroatoms. The second kappa shape index (κ2) is 6.50. The Labute approximate surface area is 136 Å². The Bertz CT molecular complexity index is 740. The standard InChI is InChI=1S/C16H13BrClNO2/c17-8-7-15-14-6-5-13(9-16(14)21-19-15)20-10-11-1-3-12(18)4-2-11/h1-6,9H,7-8,10H2. The van der Waals surface area contributed by atoms with E-state index in [0.717, 1.165) is 44.7 Å². The van der Waals surface area contributed by atoms with Crippen molar-refractivity contribution in [1.82, 2.24) is 5.16 Å². The highest BCUT2D eigenvalue weighted by Crippen LogP contribution is 2.25. The van der Waals surface area contributed by atoms with Gasteiger partial charge in [-0.1, -0.05) is 44.8 Å². The Morgan fingerprint density at radius 3 is 2.71 bits per heavy atom. The average molecular weight is 367 g/mol. The largest absolute Gasteiger partial charge is 0.489 e. The fourth-order valence-corrected chi connectivity index (χ4v) is 2.58. The van der Waals surface area contributed by atoms with E-state index in [1.807, 2.05) is 42.5 Å². The van der Waals surface area contributed by atoms with Crippen LogP contribution in [-0.2, 0) is 13.0 Å². The number of benzene rings is 2. The zero-order valence-electron chi connectivity index (χ0n) is 11.2. The van der Waals surface area contributed by atoms with Gasteiger partial charge in [0, 0.05) is 28.2 Å². The summed E-state index contributed by atoms with van der Waals surface area (Å²) in [5.41, 5.74) is 2.78. The predicted octanol–water partition coefficient (Wildman–Crippen LogP) is 5.00. The van der Waals surface area contributed by atoms with Crippen LogP contribution in [0.3, 0.4) is 0 Å². The number of aryl methyl sites for hydroxylation is 1. The molecule has 0 bridgehead atoms. The van der Waals surface area contributed by atoms with Gasteiger partial charge in [0.15, 0.2) is 5.58 Å². The molecule has 0 atom stereocenters. The van der Waals surface area contributed by atoms with Gasteiger partial charge in [0.25, 0.3) is 0 Å². The number of alkyl halides is 1. The molecular formula is C16H13BrClNO2. The molecule has 0 aliphatic rings. The van der Waals surface area contributed by atoms with Crippen LogP contribution in [0.4, 0.5) is 0 Å². The molecule has 0 saturated heterocycles. The molecule has 0 aliphatic heterocycles. The van der Waals surface area contributed by atoms with Gasteiger partial charge in [-0.05, 0) is 29.8 Å². The van der Waals surface area contributed by atoms with Crippen molar-refractivity contribution in [3.63, 3.8) is 0 Å². The maximum atomic E-state index is 5.86. The van der Waals surface area contributed by atoms with Gasteiger partial charge in [0.2, 0.25) is 0 Å². The molecule has 0 N–H and O–H groups in total. The van der Waals surface area contributed by atoms with Gasteiger partial charge < -0.3 is 9.26 Å². The Kier molecular flexibility index (Phi) is 4.46. The molecule has 21 heavy (non-hydrogen) atoms. The second-order valence-electron chi connectivity index (χ2n) is 4.64. The molecule has 1 heterocycles. The minimum Gasteiger partial charge on any atom is -0.489 e. The van der Waals surface area contributed by atoms with Crippen LogP contribution in [0.1, 0.15) is 11.3 Å². The van der Waals surface area contributed by atoms with Gasteiger partial charge in [0.05, 0.1) is 5.69 Å². The number of hydrogen-bond acceptors (Lipinski definition) is 3. The summed E-state index contributed by atoms with van der Waals surface area (Å²) < 4.78 is 11.1. The highest BCUT2D eigenvalue weighted by atomic mass is 79.9. The fraction of sp³-hybridized carbons (Fsp3) is 0.188. The number of fused-ring (bicyclic) bond motifs is 1. The summed E-state index contributed by atoms with van der Waals surface area (Å²) in [5, 5.41) is 6.70. The van der Waals surface area contributed by atoms with Crippen molar-refractivity contribution in [2.75, 3.05) is 5.33 Å². The van der Waals surface area contributed by atoms with Crippen molar-refractivity contribution in [2.45, 2.75) is 13.0 Å². The van der Waals surface area contributed by atoms with Crippen LogP contribution in [0.2, 0.25) is 5.02 Å². The summed E-state index contributed by atoms with van der Waals surface area (Å²) >= 11 is 9.27. The highest BCUT2D eigenvalue weighted by molar-refractivity contribution is 9.09. The molecule has 0 fully saturated rings. The molecule has 0 spiro atoms. The Balaban J connectivity index is 1.74. The van der Waals surface area contributed by atoms with E-state index in [4.69, 9.17) is 20.9 Å². The lowest BCUT2D eigenvalue weighted by Crippen LogP contribution is -1.94. The fourth-order valence-electron chi connectivity index (χ4n) is 2.08. The number of ether oxygens (including phenoxy) is 1. The van der Waals surface area contributed by atoms with E-state index < -0.39 is 0 Å². The first-order valence-electron chi connectivity index (χ1n) is 6.58. The summed E-state index contributed by atoms with van der Waals surface area (Å²) in [4.78, 5) is 0. The van der Waals surface area contributed by atoms with Crippen molar-refractivity contribution in [1.29, 1.82) is 0 Å². The molecule has 3 aromatic rings. The molecule has 0 amide bonds. The van der Waals surface area contributed by atoms with Crippen molar-refractivity contribution in [3.05, 3.63) is 58.7 Å². The molecule has 3 nitrogen and oxygen atoms in total. The molecule has 0 aliphatic carbocycles. The molecule has 0 unspecified atom stereocenters. The number of nitrogens with zero attached hydrogens (tertiary/aromatic N) is 1. The van der Waals surface area contributed by atoms with Gasteiger partial charge in [-0.25, -0.2) is 0 Å². The maximum Gasteiger partial charge on any atom is 0.170 e. The molecular weight excluding hydrogens is 354 g/mol. The van der Waals surface area contributed by atoms with E-state index in [0.29, 0.717) is 6.61 Å². The third-order valence-corrected chi connectivity index (χ3v) is 3.82. The van der Waals surface area contributed by atoms with Gasteiger partial charge in [0.1, 0.15) is 12.4 Å². The Morgan fingerprint density at radius 2 is 1.95 bits per heavy atom. The number of hydrogen-bond donors (Lipinski definition) is 0. The minimum absolute atomic E-state index is 0.491. The topological polar surface area (TPSA) is 35.3 Å². The first-order valence-corrected chi connectivity index (χ1v) is 8.08. The number of halogens is 2. The normalized spacial score (nSPS) is 11.0. The third-order valence-electron chi connectivity index (χ3n) is 3.17. The first-order chi connectivity index (χ1) is 10.3. The molecule has 0 radical (unpaired) electrons. The van der Waals surface area contributed by atoms with Crippen LogP contribution in [0.5, 0.6) is 5.75 Å². The lowest BCUT2D eigenvalue weighted by molar-refractivity contribution is 0.306. The van der Waals surface area contributed by atoms with Gasteiger partial charge in [-0.15, -0.1) is 0 Å². The van der Waals surface area contributed by atoms with E-state index in [1.165, 1.54) is 0 Å². The Morgan fingerprint density at radius 1 is 1.14 bits per heavy atom. The zero-order chi connectivity index (χ0) is 14.7. The molecule has 2 aromatic carbocycles. The number of rotatable bonds is 5. The van der Waals surface area contributed by atoms with Crippen molar-refractivity contribution in [3.8, 4) is 5.75 Å². The minimum atomic E-state index is 0.491. The lowest BCUT2D eigenvalue weighted by Gasteiger charge is -2.06. The highest BCUT2D eigenvalue weighted by Gasteiger charge is 2.08. The molecule has 108 valence electrons. The Hall–Kier alpha value is -1.52. The monoisotopic (exact) mass is 365 g/mol. The van der Waals surface area contributed by atoms with Gasteiger partial charge >= 0.3 is 0 Å². The van der Waals surface area contributed by atoms with Crippen LogP contribution >= 0.6 is 27.5 Å². The van der Waals surface area contributed by atoms with E-state index in [2.05, 4.69) is 21.1 Å². The lowest BCUT2D eigenvalue weighted by atomic mass is 10.2. The van der Waals surface area contributed by atoms with E-state index in [-0.39, 0.29) is 0 Å². The summed E-state index contributed by atoms with van der Waals surface area (Å²) in [7, 11) is 0. The molecule has 3 rings (SSSR count). The van der Waals surface area contributed by atoms with Crippen molar-refractivity contribution in [2.24, 2.45) is 0 Å². The van der Waals surface area contributed by atoms with Crippen LogP contribution in [0, 0.1) is 0 Å². The molecule has 0 saturated carbocycles. The SMILES string of the molecule is Clc1ccc(COc2ccc3c(CCBr)noc3c2)cc1. The summed E-state index contributed by atoms with van der Waals surface area (Å²) in [6.45, 7) is 0.491. The zero-order valence-corrected chi connectivity index (χ0v) is 13.5. The van der Waals surface area contributed by atoms with E-state index in [9.17, 15) is 0 Å². The van der Waals surface area contributed by atoms with Crippen LogP contribution in [-0.4, -0.2) is 10.5 Å². The van der Waals surface area contributed by atoms with Crippen molar-refractivity contribution < 1.29 is 9.26 Å². The van der Waals surface area contributed by atoms with Crippen molar-refractivity contribution >= 4 is 38.5 Å². The summed E-state index contributed by atoms with van der Waals surface area (Å²) in [6, 6.07) is 13.4. The maximum absolute atomic E-state index is 5.86. The summed E-state index contributed by atoms with van der Waals surface area (Å²) in [6.07, 6.45) is 0.845. The van der Waals surface area contributed by atoms with Crippen LogP contribution in [0.25, 0.3) is 11.0 Å². The summed E-state index contributed by atoms with van der Waals surface area (Å²) in [5.74, 6) is 0.763. The van der Waals surface area contributed by atoms with Gasteiger partial charge in [-0.3, -0.25) is 0 Å². The van der Waals surface area contributed by atoms with E-state index >= 15 is 0 Å². The first kappa shape index (κ1) is 14.4. The number of aromatic nitrogens is 1.